The third-order valence-corrected chi connectivity index (χ3v) is 7.24. The van der Waals surface area contributed by atoms with Crippen molar-refractivity contribution >= 4 is 5.97 Å². The molecule has 0 aliphatic heterocycles. The van der Waals surface area contributed by atoms with E-state index in [-0.39, 0.29) is 12.0 Å². The molecule has 3 heteroatoms. The van der Waals surface area contributed by atoms with Crippen LogP contribution in [0.3, 0.4) is 0 Å². The average Bonchev–Trinajstić information content (AvgIpc) is 2.80. The van der Waals surface area contributed by atoms with E-state index >= 15 is 0 Å². The van der Waals surface area contributed by atoms with Gasteiger partial charge >= 0.3 is 5.97 Å². The molecule has 0 fully saturated rings. The van der Waals surface area contributed by atoms with Crippen LogP contribution in [0, 0.1) is 5.92 Å². The van der Waals surface area contributed by atoms with E-state index in [1.807, 2.05) is 0 Å². The lowest BCUT2D eigenvalue weighted by Crippen LogP contribution is -2.13. The van der Waals surface area contributed by atoms with Crippen molar-refractivity contribution in [3.8, 4) is 0 Å². The normalized spacial score (nSPS) is 13.3. The molecule has 3 nitrogen and oxygen atoms in total. The van der Waals surface area contributed by atoms with E-state index in [1.54, 1.807) is 0 Å². The Kier molecular flexibility index (Phi) is 25.6. The number of carbonyl (C=O) groups is 1. The zero-order valence-electron chi connectivity index (χ0n) is 22.6. The van der Waals surface area contributed by atoms with Crippen molar-refractivity contribution in [3.63, 3.8) is 0 Å². The molecule has 198 valence electrons. The standard InChI is InChI=1S/C30H60O3/c1-3-5-7-9-10-11-12-14-17-20-24-28(30(32)33)25-21-18-15-13-16-19-23-27-29(31)26-22-8-6-4-2/h28-29,31H,3-27H2,1-2H3,(H,32,33). The van der Waals surface area contributed by atoms with Gasteiger partial charge < -0.3 is 10.2 Å². The second-order valence-electron chi connectivity index (χ2n) is 10.6. The van der Waals surface area contributed by atoms with Gasteiger partial charge in [-0.2, -0.15) is 0 Å². The van der Waals surface area contributed by atoms with Gasteiger partial charge in [0.1, 0.15) is 0 Å². The number of unbranched alkanes of at least 4 members (excludes halogenated alkanes) is 18. The molecule has 33 heavy (non-hydrogen) atoms. The number of aliphatic carboxylic acids is 1. The van der Waals surface area contributed by atoms with Gasteiger partial charge in [0.05, 0.1) is 12.0 Å². The van der Waals surface area contributed by atoms with Gasteiger partial charge in [-0.05, 0) is 25.7 Å². The lowest BCUT2D eigenvalue weighted by molar-refractivity contribution is -0.142. The Morgan fingerprint density at radius 3 is 1.09 bits per heavy atom. The van der Waals surface area contributed by atoms with Gasteiger partial charge in [0.2, 0.25) is 0 Å². The summed E-state index contributed by atoms with van der Waals surface area (Å²) in [6, 6.07) is 0. The summed E-state index contributed by atoms with van der Waals surface area (Å²) in [5.41, 5.74) is 0. The molecular formula is C30H60O3. The van der Waals surface area contributed by atoms with Crippen LogP contribution in [0.2, 0.25) is 0 Å². The summed E-state index contributed by atoms with van der Waals surface area (Å²) in [7, 11) is 0. The van der Waals surface area contributed by atoms with Crippen LogP contribution in [0.25, 0.3) is 0 Å². The highest BCUT2D eigenvalue weighted by Crippen LogP contribution is 2.20. The molecule has 0 aliphatic carbocycles. The highest BCUT2D eigenvalue weighted by molar-refractivity contribution is 5.69. The van der Waals surface area contributed by atoms with E-state index in [0.29, 0.717) is 0 Å². The van der Waals surface area contributed by atoms with Crippen LogP contribution < -0.4 is 0 Å². The largest absolute Gasteiger partial charge is 0.481 e. The number of aliphatic hydroxyl groups is 1. The van der Waals surface area contributed by atoms with Crippen molar-refractivity contribution < 1.29 is 15.0 Å². The zero-order chi connectivity index (χ0) is 24.4. The molecule has 0 aliphatic rings. The number of carboxylic acid groups (broad SMARTS) is 1. The fourth-order valence-corrected chi connectivity index (χ4v) is 4.88. The van der Waals surface area contributed by atoms with Crippen molar-refractivity contribution in [2.75, 3.05) is 0 Å². The highest BCUT2D eigenvalue weighted by atomic mass is 16.4. The number of rotatable bonds is 27. The molecule has 2 N–H and O–H groups in total. The Morgan fingerprint density at radius 2 is 0.758 bits per heavy atom. The number of hydrogen-bond acceptors (Lipinski definition) is 2. The summed E-state index contributed by atoms with van der Waals surface area (Å²) in [6.45, 7) is 4.48. The molecule has 0 aromatic heterocycles. The van der Waals surface area contributed by atoms with E-state index in [2.05, 4.69) is 13.8 Å². The van der Waals surface area contributed by atoms with Crippen LogP contribution in [-0.2, 0) is 4.79 Å². The Balaban J connectivity index is 3.49. The molecule has 0 spiro atoms. The number of aliphatic hydroxyl groups excluding tert-OH is 1. The quantitative estimate of drug-likeness (QED) is 0.118. The molecular weight excluding hydrogens is 408 g/mol. The van der Waals surface area contributed by atoms with Crippen LogP contribution in [0.1, 0.15) is 174 Å². The van der Waals surface area contributed by atoms with Crippen molar-refractivity contribution in [3.05, 3.63) is 0 Å². The first kappa shape index (κ1) is 32.4. The Labute approximate surface area is 207 Å². The van der Waals surface area contributed by atoms with Crippen LogP contribution in [0.4, 0.5) is 0 Å². The summed E-state index contributed by atoms with van der Waals surface area (Å²) in [5.74, 6) is -0.711. The lowest BCUT2D eigenvalue weighted by atomic mass is 9.94. The minimum Gasteiger partial charge on any atom is -0.481 e. The van der Waals surface area contributed by atoms with Crippen molar-refractivity contribution in [1.82, 2.24) is 0 Å². The Hall–Kier alpha value is -0.570. The third-order valence-electron chi connectivity index (χ3n) is 7.24. The van der Waals surface area contributed by atoms with Gasteiger partial charge in [-0.1, -0.05) is 149 Å². The van der Waals surface area contributed by atoms with Crippen molar-refractivity contribution in [2.45, 2.75) is 180 Å². The SMILES string of the molecule is CCCCCCCCCCCCC(CCCCCCCCCC(O)CCCCCC)C(=O)O. The first-order valence-electron chi connectivity index (χ1n) is 15.0. The minimum atomic E-state index is -0.584. The molecule has 0 bridgehead atoms. The molecule has 2 unspecified atom stereocenters. The van der Waals surface area contributed by atoms with Gasteiger partial charge in [-0.25, -0.2) is 0 Å². The second kappa shape index (κ2) is 26.0. The fraction of sp³-hybridized carbons (Fsp3) is 0.967. The Bertz CT molecular complexity index is 396. The van der Waals surface area contributed by atoms with Crippen LogP contribution in [0.15, 0.2) is 0 Å². The molecule has 0 rings (SSSR count). The monoisotopic (exact) mass is 468 g/mol. The highest BCUT2D eigenvalue weighted by Gasteiger charge is 2.16. The molecule has 2 atom stereocenters. The summed E-state index contributed by atoms with van der Waals surface area (Å²) >= 11 is 0. The summed E-state index contributed by atoms with van der Waals surface area (Å²) < 4.78 is 0. The molecule has 0 aromatic carbocycles. The Morgan fingerprint density at radius 1 is 0.485 bits per heavy atom. The smallest absolute Gasteiger partial charge is 0.306 e. The average molecular weight is 469 g/mol. The van der Waals surface area contributed by atoms with E-state index in [1.165, 1.54) is 116 Å². The van der Waals surface area contributed by atoms with E-state index < -0.39 is 5.97 Å². The molecule has 0 saturated heterocycles. The number of carboxylic acids is 1. The van der Waals surface area contributed by atoms with Gasteiger partial charge in [-0.3, -0.25) is 4.79 Å². The fourth-order valence-electron chi connectivity index (χ4n) is 4.88. The summed E-state index contributed by atoms with van der Waals surface area (Å²) in [4.78, 5) is 11.6. The molecule has 0 radical (unpaired) electrons. The summed E-state index contributed by atoms with van der Waals surface area (Å²) in [5, 5.41) is 19.5. The maximum Gasteiger partial charge on any atom is 0.306 e. The molecule has 0 aromatic rings. The van der Waals surface area contributed by atoms with Gasteiger partial charge in [0, 0.05) is 0 Å². The van der Waals surface area contributed by atoms with Crippen LogP contribution in [0.5, 0.6) is 0 Å². The zero-order valence-corrected chi connectivity index (χ0v) is 22.6. The molecule has 0 saturated carbocycles. The predicted molar refractivity (Wildman–Crippen MR) is 144 cm³/mol. The van der Waals surface area contributed by atoms with E-state index in [0.717, 1.165) is 44.9 Å². The van der Waals surface area contributed by atoms with Gasteiger partial charge in [-0.15, -0.1) is 0 Å². The summed E-state index contributed by atoms with van der Waals surface area (Å²) in [6.07, 6.45) is 30.0. The maximum absolute atomic E-state index is 11.6. The minimum absolute atomic E-state index is 0.0923. The van der Waals surface area contributed by atoms with E-state index in [4.69, 9.17) is 0 Å². The second-order valence-corrected chi connectivity index (χ2v) is 10.6. The van der Waals surface area contributed by atoms with Crippen LogP contribution >= 0.6 is 0 Å². The number of hydrogen-bond donors (Lipinski definition) is 2. The lowest BCUT2D eigenvalue weighted by Gasteiger charge is -2.12. The van der Waals surface area contributed by atoms with Crippen molar-refractivity contribution in [1.29, 1.82) is 0 Å². The first-order chi connectivity index (χ1) is 16.1. The third kappa shape index (κ3) is 24.4. The maximum atomic E-state index is 11.6. The van der Waals surface area contributed by atoms with Crippen molar-refractivity contribution in [2.24, 2.45) is 5.92 Å². The van der Waals surface area contributed by atoms with Gasteiger partial charge in [0.25, 0.3) is 0 Å². The van der Waals surface area contributed by atoms with Gasteiger partial charge in [0.15, 0.2) is 0 Å². The molecule has 0 heterocycles. The first-order valence-corrected chi connectivity index (χ1v) is 15.0. The van der Waals surface area contributed by atoms with E-state index in [9.17, 15) is 15.0 Å². The predicted octanol–water partition coefficient (Wildman–Crippen LogP) is 9.84. The van der Waals surface area contributed by atoms with Crippen LogP contribution in [-0.4, -0.2) is 22.3 Å². The molecule has 0 amide bonds. The topological polar surface area (TPSA) is 57.5 Å².